The zero-order valence-electron chi connectivity index (χ0n) is 9.85. The molecule has 0 fully saturated rings. The van der Waals surface area contributed by atoms with Gasteiger partial charge in [-0.1, -0.05) is 17.7 Å². The quantitative estimate of drug-likeness (QED) is 0.824. The number of nitrogens with zero attached hydrogens (tertiary/aromatic N) is 1. The molecule has 0 aliphatic carbocycles. The van der Waals surface area contributed by atoms with Crippen LogP contribution in [0.3, 0.4) is 0 Å². The maximum atomic E-state index is 12.0. The minimum absolute atomic E-state index is 0.342. The molecule has 94 valence electrons. The average molecular weight is 272 g/mol. The van der Waals surface area contributed by atoms with Crippen LogP contribution in [0, 0.1) is 11.3 Å². The molecule has 0 saturated carbocycles. The van der Waals surface area contributed by atoms with Gasteiger partial charge in [0.15, 0.2) is 0 Å². The summed E-state index contributed by atoms with van der Waals surface area (Å²) < 4.78 is 0. The van der Waals surface area contributed by atoms with Crippen LogP contribution in [0.15, 0.2) is 42.5 Å². The van der Waals surface area contributed by atoms with Crippen molar-refractivity contribution in [1.82, 2.24) is 0 Å². The SMILES string of the molecule is N#Cc1cccc(C(=O)Nc2cc(Cl)ccc2N)c1. The van der Waals surface area contributed by atoms with Crippen molar-refractivity contribution in [2.45, 2.75) is 0 Å². The van der Waals surface area contributed by atoms with Crippen molar-refractivity contribution in [2.24, 2.45) is 0 Å². The van der Waals surface area contributed by atoms with Crippen molar-refractivity contribution in [1.29, 1.82) is 5.26 Å². The molecule has 0 aliphatic rings. The number of rotatable bonds is 2. The Morgan fingerprint density at radius 3 is 2.79 bits per heavy atom. The van der Waals surface area contributed by atoms with Crippen molar-refractivity contribution in [3.63, 3.8) is 0 Å². The molecule has 0 atom stereocenters. The van der Waals surface area contributed by atoms with Gasteiger partial charge in [-0.15, -0.1) is 0 Å². The fourth-order valence-electron chi connectivity index (χ4n) is 1.56. The van der Waals surface area contributed by atoms with Gasteiger partial charge in [0.2, 0.25) is 0 Å². The monoisotopic (exact) mass is 271 g/mol. The second kappa shape index (κ2) is 5.42. The number of anilines is 2. The third kappa shape index (κ3) is 3.03. The van der Waals surface area contributed by atoms with Crippen molar-refractivity contribution in [3.8, 4) is 6.07 Å². The highest BCUT2D eigenvalue weighted by Gasteiger charge is 2.09. The Morgan fingerprint density at radius 2 is 2.05 bits per heavy atom. The summed E-state index contributed by atoms with van der Waals surface area (Å²) >= 11 is 5.84. The normalized spacial score (nSPS) is 9.68. The summed E-state index contributed by atoms with van der Waals surface area (Å²) in [6.45, 7) is 0. The molecule has 0 aliphatic heterocycles. The van der Waals surface area contributed by atoms with Crippen molar-refractivity contribution < 1.29 is 4.79 Å². The molecule has 0 unspecified atom stereocenters. The van der Waals surface area contributed by atoms with Gasteiger partial charge in [0.05, 0.1) is 23.0 Å². The fraction of sp³-hybridized carbons (Fsp3) is 0. The highest BCUT2D eigenvalue weighted by molar-refractivity contribution is 6.31. The molecule has 0 bridgehead atoms. The Morgan fingerprint density at radius 1 is 1.26 bits per heavy atom. The summed E-state index contributed by atoms with van der Waals surface area (Å²) in [4.78, 5) is 12.0. The van der Waals surface area contributed by atoms with E-state index in [0.717, 1.165) is 0 Å². The Balaban J connectivity index is 2.26. The maximum absolute atomic E-state index is 12.0. The van der Waals surface area contributed by atoms with E-state index in [2.05, 4.69) is 5.32 Å². The van der Waals surface area contributed by atoms with Crippen LogP contribution in [-0.4, -0.2) is 5.91 Å². The standard InChI is InChI=1S/C14H10ClN3O/c15-11-4-5-12(17)13(7-11)18-14(19)10-3-1-2-9(6-10)8-16/h1-7H,17H2,(H,18,19). The molecule has 0 radical (unpaired) electrons. The molecule has 3 N–H and O–H groups in total. The fourth-order valence-corrected chi connectivity index (χ4v) is 1.73. The molecule has 5 heteroatoms. The zero-order valence-corrected chi connectivity index (χ0v) is 10.6. The van der Waals surface area contributed by atoms with Crippen LogP contribution in [0.25, 0.3) is 0 Å². The van der Waals surface area contributed by atoms with Crippen LogP contribution in [0.5, 0.6) is 0 Å². The van der Waals surface area contributed by atoms with Crippen LogP contribution < -0.4 is 11.1 Å². The Bertz CT molecular complexity index is 677. The first-order valence-electron chi connectivity index (χ1n) is 5.46. The molecule has 4 nitrogen and oxygen atoms in total. The van der Waals surface area contributed by atoms with E-state index >= 15 is 0 Å². The molecular formula is C14H10ClN3O. The summed E-state index contributed by atoms with van der Waals surface area (Å²) in [5, 5.41) is 11.9. The van der Waals surface area contributed by atoms with Crippen molar-refractivity contribution in [2.75, 3.05) is 11.1 Å². The molecule has 0 heterocycles. The van der Waals surface area contributed by atoms with E-state index in [9.17, 15) is 4.79 Å². The van der Waals surface area contributed by atoms with Crippen molar-refractivity contribution in [3.05, 3.63) is 58.6 Å². The van der Waals surface area contributed by atoms with Gasteiger partial charge >= 0.3 is 0 Å². The van der Waals surface area contributed by atoms with E-state index in [-0.39, 0.29) is 5.91 Å². The number of halogens is 1. The van der Waals surface area contributed by atoms with Crippen LogP contribution >= 0.6 is 11.6 Å². The van der Waals surface area contributed by atoms with E-state index in [1.807, 2.05) is 6.07 Å². The Hall–Kier alpha value is -2.51. The third-order valence-electron chi connectivity index (χ3n) is 2.52. The van der Waals surface area contributed by atoms with Gasteiger partial charge in [-0.05, 0) is 36.4 Å². The largest absolute Gasteiger partial charge is 0.397 e. The number of nitrogen functional groups attached to an aromatic ring is 1. The van der Waals surface area contributed by atoms with Crippen molar-refractivity contribution >= 4 is 28.9 Å². The summed E-state index contributed by atoms with van der Waals surface area (Å²) in [5.41, 5.74) is 7.43. The molecule has 1 amide bonds. The highest BCUT2D eigenvalue weighted by Crippen LogP contribution is 2.23. The number of nitriles is 1. The van der Waals surface area contributed by atoms with Gasteiger partial charge in [0.25, 0.3) is 5.91 Å². The lowest BCUT2D eigenvalue weighted by atomic mass is 10.1. The summed E-state index contributed by atoms with van der Waals surface area (Å²) in [6, 6.07) is 13.2. The lowest BCUT2D eigenvalue weighted by Crippen LogP contribution is -2.13. The van der Waals surface area contributed by atoms with Gasteiger partial charge < -0.3 is 11.1 Å². The van der Waals surface area contributed by atoms with E-state index in [0.29, 0.717) is 27.5 Å². The van der Waals surface area contributed by atoms with Crippen LogP contribution in [0.4, 0.5) is 11.4 Å². The van der Waals surface area contributed by atoms with Crippen LogP contribution in [-0.2, 0) is 0 Å². The second-order valence-corrected chi connectivity index (χ2v) is 4.31. The molecule has 0 spiro atoms. The van der Waals surface area contributed by atoms with Gasteiger partial charge in [0, 0.05) is 10.6 Å². The minimum atomic E-state index is -0.342. The summed E-state index contributed by atoms with van der Waals surface area (Å²) in [7, 11) is 0. The van der Waals surface area contributed by atoms with Gasteiger partial charge in [-0.25, -0.2) is 0 Å². The Kier molecular flexibility index (Phi) is 3.69. The number of benzene rings is 2. The van der Waals surface area contributed by atoms with E-state index < -0.39 is 0 Å². The second-order valence-electron chi connectivity index (χ2n) is 3.88. The number of hydrogen-bond donors (Lipinski definition) is 2. The Labute approximate surface area is 115 Å². The van der Waals surface area contributed by atoms with Crippen LogP contribution in [0.1, 0.15) is 15.9 Å². The molecule has 2 rings (SSSR count). The topological polar surface area (TPSA) is 78.9 Å². The molecule has 2 aromatic carbocycles. The number of nitrogens with one attached hydrogen (secondary N) is 1. The van der Waals surface area contributed by atoms with Crippen LogP contribution in [0.2, 0.25) is 5.02 Å². The van der Waals surface area contributed by atoms with E-state index in [1.165, 1.54) is 6.07 Å². The van der Waals surface area contributed by atoms with E-state index in [4.69, 9.17) is 22.6 Å². The number of nitrogens with two attached hydrogens (primary N) is 1. The van der Waals surface area contributed by atoms with E-state index in [1.54, 1.807) is 36.4 Å². The number of amides is 1. The summed E-state index contributed by atoms with van der Waals surface area (Å²) in [6.07, 6.45) is 0. The first kappa shape index (κ1) is 12.9. The molecule has 19 heavy (non-hydrogen) atoms. The van der Waals surface area contributed by atoms with Gasteiger partial charge in [-0.2, -0.15) is 5.26 Å². The molecule has 0 aromatic heterocycles. The molecular weight excluding hydrogens is 262 g/mol. The highest BCUT2D eigenvalue weighted by atomic mass is 35.5. The number of carbonyl (C=O) groups excluding carboxylic acids is 1. The maximum Gasteiger partial charge on any atom is 0.255 e. The minimum Gasteiger partial charge on any atom is -0.397 e. The number of carbonyl (C=O) groups is 1. The third-order valence-corrected chi connectivity index (χ3v) is 2.75. The first-order chi connectivity index (χ1) is 9.10. The smallest absolute Gasteiger partial charge is 0.255 e. The van der Waals surface area contributed by atoms with Gasteiger partial charge in [-0.3, -0.25) is 4.79 Å². The average Bonchev–Trinajstić information content (AvgIpc) is 2.43. The summed E-state index contributed by atoms with van der Waals surface area (Å²) in [5.74, 6) is -0.342. The van der Waals surface area contributed by atoms with Gasteiger partial charge in [0.1, 0.15) is 0 Å². The lowest BCUT2D eigenvalue weighted by Gasteiger charge is -2.08. The predicted octanol–water partition coefficient (Wildman–Crippen LogP) is 3.05. The first-order valence-corrected chi connectivity index (χ1v) is 5.84. The zero-order chi connectivity index (χ0) is 13.8. The molecule has 0 saturated heterocycles. The lowest BCUT2D eigenvalue weighted by molar-refractivity contribution is 0.102. The molecule has 2 aromatic rings. The predicted molar refractivity (Wildman–Crippen MR) is 75.0 cm³/mol. The number of hydrogen-bond acceptors (Lipinski definition) is 3.